The molecule has 0 bridgehead atoms. The maximum Gasteiger partial charge on any atom is 0.408 e. The van der Waals surface area contributed by atoms with Crippen molar-refractivity contribution in [3.63, 3.8) is 0 Å². The van der Waals surface area contributed by atoms with Gasteiger partial charge in [0.15, 0.2) is 5.82 Å². The zero-order valence-electron chi connectivity index (χ0n) is 20.6. The lowest BCUT2D eigenvalue weighted by atomic mass is 10.0. The van der Waals surface area contributed by atoms with Gasteiger partial charge in [-0.1, -0.05) is 0 Å². The SMILES string of the molecule is Cc1ncc(-c2cc(-c3ccnn3CC(F)(F)F)c3c(N)ncnn23)cc1N1C[C@H](C)OC(C)(C)C1=O. The number of ether oxygens (including phenoxy) is 1. The zero-order valence-corrected chi connectivity index (χ0v) is 20.6. The minimum Gasteiger partial charge on any atom is -0.382 e. The smallest absolute Gasteiger partial charge is 0.382 e. The molecule has 1 atom stereocenters. The van der Waals surface area contributed by atoms with Crippen molar-refractivity contribution >= 4 is 22.9 Å². The van der Waals surface area contributed by atoms with Gasteiger partial charge in [-0.2, -0.15) is 23.4 Å². The lowest BCUT2D eigenvalue weighted by Crippen LogP contribution is -2.56. The molecule has 1 saturated heterocycles. The van der Waals surface area contributed by atoms with E-state index in [0.717, 1.165) is 4.68 Å². The van der Waals surface area contributed by atoms with Gasteiger partial charge in [0.25, 0.3) is 5.91 Å². The summed E-state index contributed by atoms with van der Waals surface area (Å²) in [5, 5.41) is 8.16. The molecule has 0 aliphatic carbocycles. The molecule has 1 aliphatic heterocycles. The van der Waals surface area contributed by atoms with Gasteiger partial charge in [0.05, 0.1) is 35.4 Å². The number of alkyl halides is 3. The molecule has 1 fully saturated rings. The first kappa shape index (κ1) is 24.7. The van der Waals surface area contributed by atoms with E-state index in [1.54, 1.807) is 37.9 Å². The maximum absolute atomic E-state index is 13.2. The van der Waals surface area contributed by atoms with Gasteiger partial charge in [0.1, 0.15) is 24.0 Å². The third-order valence-electron chi connectivity index (χ3n) is 6.25. The molecule has 1 amide bonds. The zero-order chi connectivity index (χ0) is 26.7. The lowest BCUT2D eigenvalue weighted by molar-refractivity contribution is -0.153. The number of amides is 1. The molecule has 0 aromatic carbocycles. The molecule has 5 rings (SSSR count). The number of halogens is 3. The minimum absolute atomic E-state index is 0.0928. The summed E-state index contributed by atoms with van der Waals surface area (Å²) < 4.78 is 47.7. The summed E-state index contributed by atoms with van der Waals surface area (Å²) in [5.74, 6) is -0.105. The van der Waals surface area contributed by atoms with Crippen LogP contribution in [0.5, 0.6) is 0 Å². The van der Waals surface area contributed by atoms with Gasteiger partial charge in [-0.05, 0) is 45.9 Å². The third-order valence-corrected chi connectivity index (χ3v) is 6.25. The molecule has 37 heavy (non-hydrogen) atoms. The summed E-state index contributed by atoms with van der Waals surface area (Å²) in [6, 6.07) is 4.96. The van der Waals surface area contributed by atoms with Crippen LogP contribution in [0.4, 0.5) is 24.7 Å². The normalized spacial score (nSPS) is 18.1. The molecule has 2 N–H and O–H groups in total. The first-order valence-electron chi connectivity index (χ1n) is 11.5. The molecule has 4 aromatic heterocycles. The molecule has 4 aromatic rings. The van der Waals surface area contributed by atoms with Gasteiger partial charge in [-0.25, -0.2) is 9.50 Å². The fraction of sp³-hybridized carbons (Fsp3) is 0.375. The van der Waals surface area contributed by atoms with Crippen molar-refractivity contribution in [1.29, 1.82) is 0 Å². The van der Waals surface area contributed by atoms with Crippen LogP contribution >= 0.6 is 0 Å². The molecule has 194 valence electrons. The van der Waals surface area contributed by atoms with Gasteiger partial charge >= 0.3 is 6.18 Å². The number of carbonyl (C=O) groups excluding carboxylic acids is 1. The number of fused-ring (bicyclic) bond motifs is 1. The third kappa shape index (κ3) is 4.39. The predicted octanol–water partition coefficient (Wildman–Crippen LogP) is 3.64. The second kappa shape index (κ2) is 8.54. The van der Waals surface area contributed by atoms with Crippen LogP contribution in [0.2, 0.25) is 0 Å². The fourth-order valence-electron chi connectivity index (χ4n) is 4.72. The Kier molecular flexibility index (Phi) is 5.70. The van der Waals surface area contributed by atoms with Gasteiger partial charge in [0.2, 0.25) is 0 Å². The predicted molar refractivity (Wildman–Crippen MR) is 130 cm³/mol. The molecule has 0 spiro atoms. The van der Waals surface area contributed by atoms with Crippen LogP contribution < -0.4 is 10.6 Å². The molecule has 5 heterocycles. The highest BCUT2D eigenvalue weighted by Crippen LogP contribution is 2.37. The first-order chi connectivity index (χ1) is 17.4. The van der Waals surface area contributed by atoms with Gasteiger partial charge in [-0.3, -0.25) is 14.5 Å². The Morgan fingerprint density at radius 1 is 1.19 bits per heavy atom. The fourth-order valence-corrected chi connectivity index (χ4v) is 4.72. The standard InChI is InChI=1S/C24H25F3N8O2/c1-13-10-33(22(36)23(3,4)37-13)18-7-15(9-29-14(18)2)19-8-16(20-21(28)30-12-32-35(19)20)17-5-6-31-34(17)11-24(25,26)27/h5-9,12-13H,10-11H2,1-4H3,(H2,28,30,32)/t13-/m0/s1. The van der Waals surface area contributed by atoms with Crippen molar-refractivity contribution in [2.24, 2.45) is 0 Å². The average Bonchev–Trinajstić information content (AvgIpc) is 3.40. The lowest BCUT2D eigenvalue weighted by Gasteiger charge is -2.41. The molecule has 0 unspecified atom stereocenters. The van der Waals surface area contributed by atoms with Crippen LogP contribution in [-0.2, 0) is 16.1 Å². The number of hydrogen-bond acceptors (Lipinski definition) is 7. The van der Waals surface area contributed by atoms with E-state index in [-0.39, 0.29) is 23.5 Å². The van der Waals surface area contributed by atoms with E-state index < -0.39 is 18.3 Å². The summed E-state index contributed by atoms with van der Waals surface area (Å²) in [5.41, 5.74) is 8.43. The number of rotatable bonds is 4. The van der Waals surface area contributed by atoms with E-state index in [0.29, 0.717) is 40.3 Å². The van der Waals surface area contributed by atoms with E-state index in [2.05, 4.69) is 20.2 Å². The van der Waals surface area contributed by atoms with Crippen molar-refractivity contribution in [3.05, 3.63) is 42.6 Å². The topological polar surface area (TPSA) is 116 Å². The summed E-state index contributed by atoms with van der Waals surface area (Å²) >= 11 is 0. The second-order valence-electron chi connectivity index (χ2n) is 9.52. The Hall–Kier alpha value is -4.00. The monoisotopic (exact) mass is 514 g/mol. The Morgan fingerprint density at radius 3 is 2.68 bits per heavy atom. The molecule has 0 saturated carbocycles. The number of carbonyl (C=O) groups is 1. The number of nitrogen functional groups attached to an aromatic ring is 1. The van der Waals surface area contributed by atoms with E-state index in [4.69, 9.17) is 10.5 Å². The van der Waals surface area contributed by atoms with E-state index >= 15 is 0 Å². The molecule has 1 aliphatic rings. The number of nitrogens with zero attached hydrogens (tertiary/aromatic N) is 7. The Balaban J connectivity index is 1.67. The largest absolute Gasteiger partial charge is 0.408 e. The summed E-state index contributed by atoms with van der Waals surface area (Å²) in [4.78, 5) is 23.4. The number of aryl methyl sites for hydroxylation is 1. The van der Waals surface area contributed by atoms with Gasteiger partial charge in [-0.15, -0.1) is 0 Å². The van der Waals surface area contributed by atoms with Crippen molar-refractivity contribution in [1.82, 2.24) is 29.4 Å². The first-order valence-corrected chi connectivity index (χ1v) is 11.5. The Morgan fingerprint density at radius 2 is 1.95 bits per heavy atom. The van der Waals surface area contributed by atoms with E-state index in [9.17, 15) is 18.0 Å². The molecule has 13 heteroatoms. The highest BCUT2D eigenvalue weighted by atomic mass is 19.4. The molecular formula is C24H25F3N8O2. The van der Waals surface area contributed by atoms with Crippen molar-refractivity contribution in [2.45, 2.75) is 52.1 Å². The van der Waals surface area contributed by atoms with Crippen LogP contribution in [-0.4, -0.2) is 59.7 Å². The van der Waals surface area contributed by atoms with Crippen LogP contribution in [0.25, 0.3) is 28.0 Å². The molecule has 0 radical (unpaired) electrons. The number of anilines is 2. The highest BCUT2D eigenvalue weighted by molar-refractivity contribution is 6.00. The second-order valence-corrected chi connectivity index (χ2v) is 9.52. The number of nitrogens with two attached hydrogens (primary N) is 1. The average molecular weight is 515 g/mol. The quantitative estimate of drug-likeness (QED) is 0.442. The van der Waals surface area contributed by atoms with Crippen LogP contribution in [0.1, 0.15) is 26.5 Å². The molecule has 10 nitrogen and oxygen atoms in total. The number of aromatic nitrogens is 6. The summed E-state index contributed by atoms with van der Waals surface area (Å²) in [7, 11) is 0. The van der Waals surface area contributed by atoms with Crippen molar-refractivity contribution in [2.75, 3.05) is 17.2 Å². The minimum atomic E-state index is -4.47. The van der Waals surface area contributed by atoms with Crippen molar-refractivity contribution < 1.29 is 22.7 Å². The Labute approximate surface area is 209 Å². The molecular weight excluding hydrogens is 489 g/mol. The van der Waals surface area contributed by atoms with Crippen LogP contribution in [0.15, 0.2) is 36.9 Å². The Bertz CT molecular complexity index is 1510. The maximum atomic E-state index is 13.2. The highest BCUT2D eigenvalue weighted by Gasteiger charge is 2.41. The number of morpholine rings is 1. The van der Waals surface area contributed by atoms with Crippen LogP contribution in [0, 0.1) is 6.92 Å². The van der Waals surface area contributed by atoms with Gasteiger partial charge in [0, 0.05) is 23.5 Å². The van der Waals surface area contributed by atoms with Crippen LogP contribution in [0.3, 0.4) is 0 Å². The summed E-state index contributed by atoms with van der Waals surface area (Å²) in [6.45, 7) is 6.23. The van der Waals surface area contributed by atoms with Gasteiger partial charge < -0.3 is 15.4 Å². The van der Waals surface area contributed by atoms with E-state index in [1.807, 2.05) is 13.0 Å². The number of pyridine rings is 1. The van der Waals surface area contributed by atoms with Crippen molar-refractivity contribution in [3.8, 4) is 22.5 Å². The number of hydrogen-bond donors (Lipinski definition) is 1. The van der Waals surface area contributed by atoms with E-state index in [1.165, 1.54) is 23.1 Å². The summed E-state index contributed by atoms with van der Waals surface area (Å²) in [6.07, 6.45) is -0.483.